The van der Waals surface area contributed by atoms with Crippen LogP contribution in [-0.4, -0.2) is 9.13 Å². The Morgan fingerprint density at radius 3 is 0.935 bits per heavy atom. The lowest BCUT2D eigenvalue weighted by Gasteiger charge is -2.36. The van der Waals surface area contributed by atoms with Gasteiger partial charge in [-0.3, -0.25) is 0 Å². The summed E-state index contributed by atoms with van der Waals surface area (Å²) in [5.74, 6) is 0. The highest BCUT2D eigenvalue weighted by molar-refractivity contribution is 6.13. The first-order valence-corrected chi connectivity index (χ1v) is 32.2. The van der Waals surface area contributed by atoms with Crippen LogP contribution in [0.25, 0.3) is 144 Å². The van der Waals surface area contributed by atoms with Crippen LogP contribution in [0.3, 0.4) is 0 Å². The number of benzene rings is 15. The molecule has 15 aromatic carbocycles. The minimum atomic E-state index is -0.594. The van der Waals surface area contributed by atoms with Gasteiger partial charge in [0.15, 0.2) is 0 Å². The molecule has 2 heteroatoms. The fourth-order valence-corrected chi connectivity index (χ4v) is 15.4. The minimum absolute atomic E-state index is 0.594. The van der Waals surface area contributed by atoms with Gasteiger partial charge in [0.05, 0.1) is 27.5 Å². The summed E-state index contributed by atoms with van der Waals surface area (Å²) in [6.07, 6.45) is 0. The first-order chi connectivity index (χ1) is 46.1. The summed E-state index contributed by atoms with van der Waals surface area (Å²) in [4.78, 5) is 0. The van der Waals surface area contributed by atoms with Crippen molar-refractivity contribution >= 4 is 43.6 Å². The average molecular weight is 1180 g/mol. The van der Waals surface area contributed by atoms with Crippen molar-refractivity contribution in [3.63, 3.8) is 0 Å². The molecule has 0 saturated heterocycles. The Labute approximate surface area is 541 Å². The predicted octanol–water partition coefficient (Wildman–Crippen LogP) is 23.9. The summed E-state index contributed by atoms with van der Waals surface area (Å²) >= 11 is 0. The molecular weight excluding hydrogens is 1120 g/mol. The van der Waals surface area contributed by atoms with Gasteiger partial charge in [-0.2, -0.15) is 0 Å². The van der Waals surface area contributed by atoms with Gasteiger partial charge < -0.3 is 9.13 Å². The average Bonchev–Trinajstić information content (AvgIpc) is 1.44. The Balaban J connectivity index is 0.633. The second-order valence-electron chi connectivity index (χ2n) is 24.7. The van der Waals surface area contributed by atoms with Gasteiger partial charge in [0.25, 0.3) is 0 Å². The van der Waals surface area contributed by atoms with E-state index in [0.717, 1.165) is 11.4 Å². The number of hydrogen-bond donors (Lipinski definition) is 0. The Hall–Kier alpha value is -12.1. The lowest BCUT2D eigenvalue weighted by atomic mass is 9.65. The number of hydrogen-bond acceptors (Lipinski definition) is 0. The number of aromatic nitrogens is 2. The topological polar surface area (TPSA) is 9.86 Å². The van der Waals surface area contributed by atoms with Crippen molar-refractivity contribution in [2.75, 3.05) is 0 Å². The van der Waals surface area contributed by atoms with Crippen LogP contribution in [0.2, 0.25) is 0 Å². The maximum atomic E-state index is 2.45. The standard InChI is InChI=1S/C91H60N2/c1-3-20-61(21-4-1)65-46-52-73(53-47-65)92-87-36-17-12-31-80(87)82-59-70(50-56-89(82)92)71-51-57-90-83(60-71)81-32-13-18-37-88(81)93(90)74-54-48-66(49-55-74)64-40-38-62(39-41-64)63-42-44-67(45-43-63)69-24-19-25-72(58-69)91(85-34-15-10-29-78(85)79-30-11-16-35-86(79)91)84-33-14-9-28-77(84)76-27-8-7-26-75(76)68-22-5-2-6-23-68/h1-60H. The van der Waals surface area contributed by atoms with Crippen LogP contribution < -0.4 is 0 Å². The van der Waals surface area contributed by atoms with Crippen molar-refractivity contribution in [1.29, 1.82) is 0 Å². The maximum absolute atomic E-state index is 2.45. The Bertz CT molecular complexity index is 5650. The van der Waals surface area contributed by atoms with Crippen LogP contribution in [0.5, 0.6) is 0 Å². The van der Waals surface area contributed by atoms with Crippen molar-refractivity contribution in [2.45, 2.75) is 5.41 Å². The summed E-state index contributed by atoms with van der Waals surface area (Å²) < 4.78 is 4.82. The molecule has 1 aliphatic rings. The molecule has 0 atom stereocenters. The van der Waals surface area contributed by atoms with Crippen LogP contribution in [0, 0.1) is 0 Å². The first kappa shape index (κ1) is 53.9. The fourth-order valence-electron chi connectivity index (χ4n) is 15.4. The van der Waals surface area contributed by atoms with Crippen molar-refractivity contribution < 1.29 is 0 Å². The van der Waals surface area contributed by atoms with E-state index in [-0.39, 0.29) is 0 Å². The minimum Gasteiger partial charge on any atom is -0.309 e. The molecule has 0 fully saturated rings. The van der Waals surface area contributed by atoms with Crippen molar-refractivity contribution in [3.8, 4) is 100 Å². The zero-order valence-corrected chi connectivity index (χ0v) is 51.0. The molecule has 0 aliphatic heterocycles. The van der Waals surface area contributed by atoms with E-state index in [9.17, 15) is 0 Å². The summed E-state index contributed by atoms with van der Waals surface area (Å²) in [5, 5.41) is 4.96. The van der Waals surface area contributed by atoms with Gasteiger partial charge in [-0.15, -0.1) is 0 Å². The monoisotopic (exact) mass is 1180 g/mol. The van der Waals surface area contributed by atoms with Crippen LogP contribution in [0.1, 0.15) is 22.3 Å². The van der Waals surface area contributed by atoms with E-state index in [4.69, 9.17) is 0 Å². The molecule has 0 amide bonds. The third-order valence-corrected chi connectivity index (χ3v) is 19.7. The predicted molar refractivity (Wildman–Crippen MR) is 390 cm³/mol. The lowest BCUT2D eigenvalue weighted by Crippen LogP contribution is -2.29. The molecule has 2 heterocycles. The van der Waals surface area contributed by atoms with E-state index in [0.29, 0.717) is 0 Å². The van der Waals surface area contributed by atoms with Crippen LogP contribution >= 0.6 is 0 Å². The molecule has 0 unspecified atom stereocenters. The largest absolute Gasteiger partial charge is 0.309 e. The third kappa shape index (κ3) is 8.86. The molecule has 18 rings (SSSR count). The zero-order chi connectivity index (χ0) is 61.4. The smallest absolute Gasteiger partial charge is 0.0719 e. The quantitative estimate of drug-likeness (QED) is 0.122. The normalized spacial score (nSPS) is 12.4. The molecule has 93 heavy (non-hydrogen) atoms. The molecule has 2 nitrogen and oxygen atoms in total. The molecule has 0 spiro atoms. The highest BCUT2D eigenvalue weighted by Gasteiger charge is 2.47. The van der Waals surface area contributed by atoms with E-state index >= 15 is 0 Å². The van der Waals surface area contributed by atoms with Crippen LogP contribution in [0.15, 0.2) is 364 Å². The molecule has 1 aliphatic carbocycles. The van der Waals surface area contributed by atoms with Crippen molar-refractivity contribution in [2.24, 2.45) is 0 Å². The molecule has 2 aromatic heterocycles. The van der Waals surface area contributed by atoms with Gasteiger partial charge in [0.2, 0.25) is 0 Å². The molecular formula is C91H60N2. The molecule has 17 aromatic rings. The highest BCUT2D eigenvalue weighted by Crippen LogP contribution is 2.58. The Morgan fingerprint density at radius 2 is 0.473 bits per heavy atom. The van der Waals surface area contributed by atoms with Gasteiger partial charge >= 0.3 is 0 Å². The number of para-hydroxylation sites is 2. The summed E-state index contributed by atoms with van der Waals surface area (Å²) in [6.45, 7) is 0. The van der Waals surface area contributed by atoms with Gasteiger partial charge in [0.1, 0.15) is 0 Å². The SMILES string of the molecule is c1ccc(-c2ccc(-n3c4ccccc4c4cc(-c5ccc6c(c5)c5ccccc5n6-c5ccc(-c6ccc(-c7ccc(-c8cccc(C9(c%10ccccc%10-c%10ccccc%10-c%10ccccc%10)c%10ccccc%10-c%10ccccc%109)c8)cc7)cc6)cc5)ccc43)cc2)cc1. The van der Waals surface area contributed by atoms with Crippen LogP contribution in [-0.2, 0) is 5.41 Å². The Morgan fingerprint density at radius 1 is 0.172 bits per heavy atom. The summed E-state index contributed by atoms with van der Waals surface area (Å²) in [7, 11) is 0. The van der Waals surface area contributed by atoms with E-state index in [1.165, 1.54) is 155 Å². The molecule has 0 N–H and O–H groups in total. The number of fused-ring (bicyclic) bond motifs is 9. The summed E-state index contributed by atoms with van der Waals surface area (Å²) in [5.41, 5.74) is 30.9. The van der Waals surface area contributed by atoms with Gasteiger partial charge in [-0.1, -0.05) is 297 Å². The van der Waals surface area contributed by atoms with Crippen molar-refractivity contribution in [3.05, 3.63) is 386 Å². The third-order valence-electron chi connectivity index (χ3n) is 19.7. The van der Waals surface area contributed by atoms with E-state index < -0.39 is 5.41 Å². The molecule has 434 valence electrons. The molecule has 0 bridgehead atoms. The van der Waals surface area contributed by atoms with Gasteiger partial charge in [-0.05, 0) is 178 Å². The zero-order valence-electron chi connectivity index (χ0n) is 51.0. The fraction of sp³-hybridized carbons (Fsp3) is 0.0110. The van der Waals surface area contributed by atoms with Crippen LogP contribution in [0.4, 0.5) is 0 Å². The van der Waals surface area contributed by atoms with E-state index in [2.05, 4.69) is 373 Å². The lowest BCUT2D eigenvalue weighted by molar-refractivity contribution is 0.771. The number of rotatable bonds is 11. The van der Waals surface area contributed by atoms with Crippen molar-refractivity contribution in [1.82, 2.24) is 9.13 Å². The van der Waals surface area contributed by atoms with Gasteiger partial charge in [0, 0.05) is 32.9 Å². The maximum Gasteiger partial charge on any atom is 0.0719 e. The van der Waals surface area contributed by atoms with E-state index in [1.807, 2.05) is 0 Å². The Kier molecular flexibility index (Phi) is 12.8. The molecule has 0 radical (unpaired) electrons. The number of nitrogens with zero attached hydrogens (tertiary/aromatic N) is 2. The second kappa shape index (κ2) is 22.1. The highest BCUT2D eigenvalue weighted by atomic mass is 15.0. The molecule has 0 saturated carbocycles. The second-order valence-corrected chi connectivity index (χ2v) is 24.7. The summed E-state index contributed by atoms with van der Waals surface area (Å²) in [6, 6.07) is 135. The van der Waals surface area contributed by atoms with E-state index in [1.54, 1.807) is 0 Å². The first-order valence-electron chi connectivity index (χ1n) is 32.2. The van der Waals surface area contributed by atoms with Gasteiger partial charge in [-0.25, -0.2) is 0 Å².